The van der Waals surface area contributed by atoms with Gasteiger partial charge in [0.15, 0.2) is 0 Å². The van der Waals surface area contributed by atoms with E-state index in [4.69, 9.17) is 4.84 Å². The molecule has 10 heteroatoms. The van der Waals surface area contributed by atoms with Crippen molar-refractivity contribution in [1.82, 2.24) is 30.0 Å². The molecule has 184 valence electrons. The fourth-order valence-electron chi connectivity index (χ4n) is 4.71. The normalized spacial score (nSPS) is 16.3. The Labute approximate surface area is 208 Å². The van der Waals surface area contributed by atoms with Crippen LogP contribution in [-0.2, 0) is 11.2 Å². The lowest BCUT2D eigenvalue weighted by Gasteiger charge is -2.42. The second-order valence-electron chi connectivity index (χ2n) is 8.85. The largest absolute Gasteiger partial charge is 0.395 e. The quantitative estimate of drug-likeness (QED) is 0.328. The number of amides is 1. The number of hydrogen-bond acceptors (Lipinski definition) is 8. The van der Waals surface area contributed by atoms with E-state index in [9.17, 15) is 4.79 Å². The van der Waals surface area contributed by atoms with Gasteiger partial charge in [-0.1, -0.05) is 37.2 Å². The van der Waals surface area contributed by atoms with Gasteiger partial charge in [-0.25, -0.2) is 9.97 Å². The number of benzene rings is 1. The Kier molecular flexibility index (Phi) is 7.08. The summed E-state index contributed by atoms with van der Waals surface area (Å²) in [6.45, 7) is 6.97. The Balaban J connectivity index is 1.19. The number of aromatic nitrogens is 5. The van der Waals surface area contributed by atoms with E-state index in [0.717, 1.165) is 59.4 Å². The molecule has 0 aliphatic carbocycles. The minimum Gasteiger partial charge on any atom is -0.395 e. The Morgan fingerprint density at radius 1 is 1.20 bits per heavy atom. The number of anilines is 1. The summed E-state index contributed by atoms with van der Waals surface area (Å²) < 4.78 is 0. The summed E-state index contributed by atoms with van der Waals surface area (Å²) in [6, 6.07) is 10.1. The number of carbonyl (C=O) groups excluding carboxylic acids is 1. The minimum atomic E-state index is 0.175. The number of piperazine rings is 1. The van der Waals surface area contributed by atoms with Crippen molar-refractivity contribution in [2.24, 2.45) is 0 Å². The minimum absolute atomic E-state index is 0.175. The molecule has 0 bridgehead atoms. The summed E-state index contributed by atoms with van der Waals surface area (Å²) >= 11 is 1.74. The molecule has 1 fully saturated rings. The third-order valence-corrected chi connectivity index (χ3v) is 7.69. The molecule has 5 rings (SSSR count). The van der Waals surface area contributed by atoms with Crippen LogP contribution in [0.4, 0.5) is 5.82 Å². The summed E-state index contributed by atoms with van der Waals surface area (Å²) in [4.78, 5) is 36.1. The molecule has 0 N–H and O–H groups in total. The molecule has 35 heavy (non-hydrogen) atoms. The van der Waals surface area contributed by atoms with E-state index in [1.807, 2.05) is 29.2 Å². The van der Waals surface area contributed by atoms with E-state index in [-0.39, 0.29) is 11.9 Å². The van der Waals surface area contributed by atoms with Crippen LogP contribution in [0.5, 0.6) is 0 Å². The molecule has 0 spiro atoms. The van der Waals surface area contributed by atoms with E-state index in [0.29, 0.717) is 26.0 Å². The number of para-hydroxylation sites is 1. The van der Waals surface area contributed by atoms with E-state index in [2.05, 4.69) is 45.1 Å². The van der Waals surface area contributed by atoms with Gasteiger partial charge in [0, 0.05) is 37.0 Å². The molecule has 1 aromatic carbocycles. The highest BCUT2D eigenvalue weighted by atomic mass is 32.1. The SMILES string of the molecule is CCCC1CN(C(=O)CCCOn2nnc3ccccc32)CCN1c1ncnc2sc(CC)cc12. The first kappa shape index (κ1) is 23.5. The van der Waals surface area contributed by atoms with Crippen LogP contribution < -0.4 is 9.74 Å². The zero-order valence-corrected chi connectivity index (χ0v) is 21.1. The van der Waals surface area contributed by atoms with Crippen LogP contribution in [0.1, 0.15) is 44.4 Å². The lowest BCUT2D eigenvalue weighted by Crippen LogP contribution is -2.55. The lowest BCUT2D eigenvalue weighted by atomic mass is 10.1. The van der Waals surface area contributed by atoms with Crippen LogP contribution in [0.15, 0.2) is 36.7 Å². The molecule has 1 amide bonds. The molecule has 1 aliphatic rings. The summed E-state index contributed by atoms with van der Waals surface area (Å²) in [7, 11) is 0. The van der Waals surface area contributed by atoms with E-state index < -0.39 is 0 Å². The molecule has 1 saturated heterocycles. The number of rotatable bonds is 9. The predicted octanol–water partition coefficient (Wildman–Crippen LogP) is 3.72. The van der Waals surface area contributed by atoms with Gasteiger partial charge >= 0.3 is 0 Å². The molecule has 4 heterocycles. The average Bonchev–Trinajstić information content (AvgIpc) is 3.50. The molecule has 4 aromatic rings. The number of aryl methyl sites for hydroxylation is 1. The second-order valence-corrected chi connectivity index (χ2v) is 9.96. The topological polar surface area (TPSA) is 89.3 Å². The fourth-order valence-corrected chi connectivity index (χ4v) is 5.64. The van der Waals surface area contributed by atoms with Crippen molar-refractivity contribution in [3.63, 3.8) is 0 Å². The van der Waals surface area contributed by atoms with Crippen molar-refractivity contribution < 1.29 is 9.63 Å². The highest BCUT2D eigenvalue weighted by Gasteiger charge is 2.31. The highest BCUT2D eigenvalue weighted by molar-refractivity contribution is 7.18. The first-order valence-electron chi connectivity index (χ1n) is 12.4. The highest BCUT2D eigenvalue weighted by Crippen LogP contribution is 2.33. The Morgan fingerprint density at radius 2 is 2.09 bits per heavy atom. The summed E-state index contributed by atoms with van der Waals surface area (Å²) in [6.07, 6.45) is 5.83. The maximum atomic E-state index is 13.0. The molecule has 1 atom stereocenters. The van der Waals surface area contributed by atoms with Crippen LogP contribution in [0.25, 0.3) is 21.3 Å². The number of carbonyl (C=O) groups is 1. The second kappa shape index (κ2) is 10.6. The monoisotopic (exact) mass is 493 g/mol. The molecular formula is C25H31N7O2S. The van der Waals surface area contributed by atoms with Crippen LogP contribution in [0, 0.1) is 0 Å². The van der Waals surface area contributed by atoms with Gasteiger partial charge in [0.25, 0.3) is 0 Å². The zero-order valence-electron chi connectivity index (χ0n) is 20.3. The molecule has 9 nitrogen and oxygen atoms in total. The lowest BCUT2D eigenvalue weighted by molar-refractivity contribution is -0.132. The van der Waals surface area contributed by atoms with Gasteiger partial charge in [0.1, 0.15) is 34.6 Å². The first-order chi connectivity index (χ1) is 17.2. The van der Waals surface area contributed by atoms with Gasteiger partial charge in [0.05, 0.1) is 5.39 Å². The van der Waals surface area contributed by atoms with E-state index >= 15 is 0 Å². The molecule has 1 aliphatic heterocycles. The number of thiophene rings is 1. The molecule has 1 unspecified atom stereocenters. The van der Waals surface area contributed by atoms with Crippen molar-refractivity contribution in [2.75, 3.05) is 31.1 Å². The molecule has 0 saturated carbocycles. The number of nitrogens with zero attached hydrogens (tertiary/aromatic N) is 7. The van der Waals surface area contributed by atoms with Gasteiger partial charge in [-0.15, -0.1) is 16.4 Å². The summed E-state index contributed by atoms with van der Waals surface area (Å²) in [5, 5.41) is 9.25. The molecular weight excluding hydrogens is 462 g/mol. The van der Waals surface area contributed by atoms with Crippen molar-refractivity contribution in [1.29, 1.82) is 0 Å². The Bertz CT molecular complexity index is 1300. The van der Waals surface area contributed by atoms with Gasteiger partial charge in [-0.05, 0) is 42.7 Å². The average molecular weight is 494 g/mol. The smallest absolute Gasteiger partial charge is 0.222 e. The fraction of sp³-hybridized carbons (Fsp3) is 0.480. The van der Waals surface area contributed by atoms with Crippen LogP contribution in [0.2, 0.25) is 0 Å². The third kappa shape index (κ3) is 4.93. The summed E-state index contributed by atoms with van der Waals surface area (Å²) in [5.74, 6) is 1.18. The van der Waals surface area contributed by atoms with Crippen molar-refractivity contribution in [2.45, 2.75) is 52.0 Å². The zero-order chi connectivity index (χ0) is 24.2. The van der Waals surface area contributed by atoms with Crippen molar-refractivity contribution in [3.8, 4) is 0 Å². The number of hydrogen-bond donors (Lipinski definition) is 0. The number of fused-ring (bicyclic) bond motifs is 2. The standard InChI is InChI=1S/C25H31N7O2S/c1-3-8-18-16-30(12-13-31(18)24-20-15-19(4-2)35-25(20)27-17-26-24)23(33)11-7-14-34-32-22-10-6-5-9-21(22)28-29-32/h5-6,9-10,15,17-18H,3-4,7-8,11-14,16H2,1-2H3. The van der Waals surface area contributed by atoms with Crippen molar-refractivity contribution in [3.05, 3.63) is 41.5 Å². The molecule has 0 radical (unpaired) electrons. The van der Waals surface area contributed by atoms with Crippen LogP contribution in [-0.4, -0.2) is 68.2 Å². The van der Waals surface area contributed by atoms with Gasteiger partial charge in [-0.2, -0.15) is 0 Å². The Hall–Kier alpha value is -3.27. The third-order valence-electron chi connectivity index (χ3n) is 6.51. The maximum absolute atomic E-state index is 13.0. The van der Waals surface area contributed by atoms with Crippen LogP contribution >= 0.6 is 11.3 Å². The van der Waals surface area contributed by atoms with Gasteiger partial charge in [0.2, 0.25) is 5.91 Å². The van der Waals surface area contributed by atoms with Crippen molar-refractivity contribution >= 4 is 44.3 Å². The predicted molar refractivity (Wildman–Crippen MR) is 138 cm³/mol. The van der Waals surface area contributed by atoms with Crippen LogP contribution in [0.3, 0.4) is 0 Å². The van der Waals surface area contributed by atoms with E-state index in [1.54, 1.807) is 17.7 Å². The maximum Gasteiger partial charge on any atom is 0.222 e. The van der Waals surface area contributed by atoms with Gasteiger partial charge in [-0.3, -0.25) is 4.79 Å². The van der Waals surface area contributed by atoms with Gasteiger partial charge < -0.3 is 14.6 Å². The first-order valence-corrected chi connectivity index (χ1v) is 13.2. The Morgan fingerprint density at radius 3 is 2.94 bits per heavy atom. The van der Waals surface area contributed by atoms with E-state index in [1.165, 1.54) is 9.72 Å². The molecule has 3 aromatic heterocycles. The summed E-state index contributed by atoms with van der Waals surface area (Å²) in [5.41, 5.74) is 1.62.